The normalized spacial score (nSPS) is 17.6. The van der Waals surface area contributed by atoms with Crippen LogP contribution < -0.4 is 4.90 Å². The lowest BCUT2D eigenvalue weighted by atomic mass is 10.1. The molecule has 0 bridgehead atoms. The zero-order chi connectivity index (χ0) is 20.4. The van der Waals surface area contributed by atoms with E-state index < -0.39 is 17.3 Å². The number of rotatable bonds is 2. The molecule has 27 heavy (non-hydrogen) atoms. The number of pyridine rings is 1. The maximum Gasteiger partial charge on any atom is 0.415 e. The van der Waals surface area contributed by atoms with E-state index >= 15 is 0 Å². The van der Waals surface area contributed by atoms with Gasteiger partial charge in [0.25, 0.3) is 0 Å². The molecule has 2 heterocycles. The summed E-state index contributed by atoms with van der Waals surface area (Å²) >= 11 is 0. The van der Waals surface area contributed by atoms with Crippen LogP contribution in [0.4, 0.5) is 15.4 Å². The number of anilines is 1. The van der Waals surface area contributed by atoms with Crippen LogP contribution in [0.5, 0.6) is 0 Å². The van der Waals surface area contributed by atoms with E-state index in [1.165, 1.54) is 4.90 Å². The number of likely N-dealkylation sites (tertiary alicyclic amines) is 1. The Morgan fingerprint density at radius 3 is 2.37 bits per heavy atom. The third kappa shape index (κ3) is 5.58. The van der Waals surface area contributed by atoms with Gasteiger partial charge in [0.1, 0.15) is 17.0 Å². The minimum atomic E-state index is -0.601. The van der Waals surface area contributed by atoms with E-state index in [1.807, 2.05) is 53.7 Å². The molecule has 1 fully saturated rings. The molecule has 0 aliphatic carbocycles. The molecule has 1 aromatic rings. The number of hydrogen-bond acceptors (Lipinski definition) is 5. The zero-order valence-corrected chi connectivity index (χ0v) is 17.4. The van der Waals surface area contributed by atoms with Gasteiger partial charge in [-0.25, -0.2) is 14.6 Å². The van der Waals surface area contributed by atoms with Crippen LogP contribution in [0.3, 0.4) is 0 Å². The van der Waals surface area contributed by atoms with Gasteiger partial charge in [-0.2, -0.15) is 0 Å². The predicted molar refractivity (Wildman–Crippen MR) is 104 cm³/mol. The van der Waals surface area contributed by atoms with Crippen LogP contribution in [-0.4, -0.2) is 46.9 Å². The molecule has 0 aromatic carbocycles. The maximum atomic E-state index is 12.6. The second kappa shape index (κ2) is 7.74. The van der Waals surface area contributed by atoms with Gasteiger partial charge in [0.05, 0.1) is 6.04 Å². The first kappa shape index (κ1) is 21.0. The van der Waals surface area contributed by atoms with Gasteiger partial charge in [-0.1, -0.05) is 6.07 Å². The van der Waals surface area contributed by atoms with Gasteiger partial charge in [-0.15, -0.1) is 0 Å². The van der Waals surface area contributed by atoms with Crippen molar-refractivity contribution in [2.75, 3.05) is 18.5 Å². The SMILES string of the molecule is CN(C(=O)OC(C)(C)C)c1ncccc1[C@@H]1CCCN1C(=O)OC(C)(C)C. The van der Waals surface area contributed by atoms with Crippen LogP contribution in [0, 0.1) is 0 Å². The van der Waals surface area contributed by atoms with Gasteiger partial charge in [-0.05, 0) is 60.5 Å². The largest absolute Gasteiger partial charge is 0.444 e. The van der Waals surface area contributed by atoms with Crippen LogP contribution in [-0.2, 0) is 9.47 Å². The summed E-state index contributed by atoms with van der Waals surface area (Å²) in [5.41, 5.74) is -0.347. The van der Waals surface area contributed by atoms with Crippen molar-refractivity contribution in [3.8, 4) is 0 Å². The number of amides is 2. The molecule has 1 aliphatic heterocycles. The number of nitrogens with zero attached hydrogens (tertiary/aromatic N) is 3. The van der Waals surface area contributed by atoms with E-state index in [4.69, 9.17) is 9.47 Å². The standard InChI is InChI=1S/C20H31N3O4/c1-19(2,3)26-17(24)22(7)16-14(10-8-12-21-16)15-11-9-13-23(15)18(25)27-20(4,5)6/h8,10,12,15H,9,11,13H2,1-7H3/t15-/m0/s1. The molecule has 7 nitrogen and oxygen atoms in total. The van der Waals surface area contributed by atoms with Crippen molar-refractivity contribution in [2.24, 2.45) is 0 Å². The van der Waals surface area contributed by atoms with Crippen molar-refractivity contribution < 1.29 is 19.1 Å². The summed E-state index contributed by atoms with van der Waals surface area (Å²) in [5, 5.41) is 0. The van der Waals surface area contributed by atoms with Crippen LogP contribution >= 0.6 is 0 Å². The molecule has 0 N–H and O–H groups in total. The fraction of sp³-hybridized carbons (Fsp3) is 0.650. The molecule has 1 saturated heterocycles. The van der Waals surface area contributed by atoms with Crippen molar-refractivity contribution in [3.05, 3.63) is 23.9 Å². The average Bonchev–Trinajstić information content (AvgIpc) is 3.00. The third-order valence-corrected chi connectivity index (χ3v) is 4.04. The lowest BCUT2D eigenvalue weighted by Gasteiger charge is -2.31. The monoisotopic (exact) mass is 377 g/mol. The quantitative estimate of drug-likeness (QED) is 0.757. The lowest BCUT2D eigenvalue weighted by Crippen LogP contribution is -2.38. The Morgan fingerprint density at radius 1 is 1.15 bits per heavy atom. The summed E-state index contributed by atoms with van der Waals surface area (Å²) in [6, 6.07) is 3.53. The number of hydrogen-bond donors (Lipinski definition) is 0. The Balaban J connectivity index is 2.28. The summed E-state index contributed by atoms with van der Waals surface area (Å²) in [5.74, 6) is 0.493. The minimum absolute atomic E-state index is 0.187. The first-order valence-corrected chi connectivity index (χ1v) is 9.30. The van der Waals surface area contributed by atoms with E-state index in [-0.39, 0.29) is 12.1 Å². The highest BCUT2D eigenvalue weighted by Gasteiger charge is 2.36. The Morgan fingerprint density at radius 2 is 1.78 bits per heavy atom. The Labute approximate surface area is 161 Å². The highest BCUT2D eigenvalue weighted by molar-refractivity contribution is 5.87. The molecule has 2 amide bonds. The van der Waals surface area contributed by atoms with Crippen LogP contribution in [0.1, 0.15) is 66.0 Å². The molecule has 1 aliphatic rings. The van der Waals surface area contributed by atoms with Crippen molar-refractivity contribution in [1.82, 2.24) is 9.88 Å². The third-order valence-electron chi connectivity index (χ3n) is 4.04. The molecule has 0 spiro atoms. The smallest absolute Gasteiger partial charge is 0.415 e. The van der Waals surface area contributed by atoms with Crippen molar-refractivity contribution in [3.63, 3.8) is 0 Å². The average molecular weight is 377 g/mol. The molecule has 1 aromatic heterocycles. The van der Waals surface area contributed by atoms with Crippen molar-refractivity contribution in [2.45, 2.75) is 71.6 Å². The summed E-state index contributed by atoms with van der Waals surface area (Å²) in [6.45, 7) is 11.6. The minimum Gasteiger partial charge on any atom is -0.444 e. The molecule has 0 unspecified atom stereocenters. The van der Waals surface area contributed by atoms with Gasteiger partial charge in [0.15, 0.2) is 0 Å². The second-order valence-corrected chi connectivity index (χ2v) is 8.79. The number of ether oxygens (including phenoxy) is 2. The highest BCUT2D eigenvalue weighted by Crippen LogP contribution is 2.37. The number of carbonyl (C=O) groups excluding carboxylic acids is 2. The van der Waals surface area contributed by atoms with Crippen LogP contribution in [0.15, 0.2) is 18.3 Å². The first-order chi connectivity index (χ1) is 12.4. The highest BCUT2D eigenvalue weighted by atomic mass is 16.6. The zero-order valence-electron chi connectivity index (χ0n) is 17.4. The fourth-order valence-electron chi connectivity index (χ4n) is 3.00. The molecule has 0 radical (unpaired) electrons. The van der Waals surface area contributed by atoms with E-state index in [1.54, 1.807) is 18.1 Å². The van der Waals surface area contributed by atoms with Crippen LogP contribution in [0.25, 0.3) is 0 Å². The predicted octanol–water partition coefficient (Wildman–Crippen LogP) is 4.52. The molecule has 150 valence electrons. The van der Waals surface area contributed by atoms with Crippen molar-refractivity contribution >= 4 is 18.0 Å². The van der Waals surface area contributed by atoms with E-state index in [0.717, 1.165) is 18.4 Å². The van der Waals surface area contributed by atoms with E-state index in [2.05, 4.69) is 4.98 Å². The molecule has 1 atom stereocenters. The van der Waals surface area contributed by atoms with Gasteiger partial charge >= 0.3 is 12.2 Å². The van der Waals surface area contributed by atoms with E-state index in [0.29, 0.717) is 12.4 Å². The van der Waals surface area contributed by atoms with Crippen LogP contribution in [0.2, 0.25) is 0 Å². The Kier molecular flexibility index (Phi) is 6.02. The maximum absolute atomic E-state index is 12.6. The summed E-state index contributed by atoms with van der Waals surface area (Å²) in [4.78, 5) is 32.6. The summed E-state index contributed by atoms with van der Waals surface area (Å²) < 4.78 is 11.0. The summed E-state index contributed by atoms with van der Waals surface area (Å²) in [6.07, 6.45) is 2.46. The number of aromatic nitrogens is 1. The fourth-order valence-corrected chi connectivity index (χ4v) is 3.00. The molecule has 7 heteroatoms. The first-order valence-electron chi connectivity index (χ1n) is 9.30. The molecule has 0 saturated carbocycles. The van der Waals surface area contributed by atoms with E-state index in [9.17, 15) is 9.59 Å². The summed E-state index contributed by atoms with van der Waals surface area (Å²) in [7, 11) is 1.63. The van der Waals surface area contributed by atoms with Gasteiger partial charge in [0, 0.05) is 25.4 Å². The van der Waals surface area contributed by atoms with Gasteiger partial charge in [-0.3, -0.25) is 4.90 Å². The molecular formula is C20H31N3O4. The number of carbonyl (C=O) groups is 2. The van der Waals surface area contributed by atoms with Gasteiger partial charge < -0.3 is 14.4 Å². The second-order valence-electron chi connectivity index (χ2n) is 8.79. The molecule has 2 rings (SSSR count). The van der Waals surface area contributed by atoms with Crippen molar-refractivity contribution in [1.29, 1.82) is 0 Å². The molecular weight excluding hydrogens is 346 g/mol. The van der Waals surface area contributed by atoms with Gasteiger partial charge in [0.2, 0.25) is 0 Å². The Bertz CT molecular complexity index is 691. The topological polar surface area (TPSA) is 72.0 Å². The Hall–Kier alpha value is -2.31. The lowest BCUT2D eigenvalue weighted by molar-refractivity contribution is 0.0225.